The summed E-state index contributed by atoms with van der Waals surface area (Å²) in [6.07, 6.45) is 56.3. The Morgan fingerprint density at radius 2 is 0.673 bits per heavy atom. The van der Waals surface area contributed by atoms with Gasteiger partial charge in [-0.15, -0.1) is 0 Å². The monoisotopic (exact) mass is 844 g/mol. The molecule has 6 aliphatic carbocycles. The van der Waals surface area contributed by atoms with Gasteiger partial charge in [0.25, 0.3) is 0 Å². The van der Waals surface area contributed by atoms with Gasteiger partial charge in [-0.1, -0.05) is 63.5 Å². The van der Waals surface area contributed by atoms with E-state index in [1.807, 2.05) is 6.92 Å². The Bertz CT molecular complexity index is 619. The van der Waals surface area contributed by atoms with Crippen LogP contribution in [0.1, 0.15) is 225 Å². The molecular formula is C44H82Cl2P2Ru+. The van der Waals surface area contributed by atoms with Gasteiger partial charge >= 0.3 is 34.5 Å². The van der Waals surface area contributed by atoms with E-state index in [0.717, 1.165) is 12.8 Å². The third-order valence-electron chi connectivity index (χ3n) is 13.5. The van der Waals surface area contributed by atoms with E-state index in [4.69, 9.17) is 26.3 Å². The Labute approximate surface area is 326 Å². The molecule has 6 rings (SSSR count). The second-order valence-corrected chi connectivity index (χ2v) is 26.5. The predicted octanol–water partition coefficient (Wildman–Crippen LogP) is 16.6. The van der Waals surface area contributed by atoms with Crippen LogP contribution in [0.3, 0.4) is 0 Å². The molecule has 1 radical (unpaired) electrons. The van der Waals surface area contributed by atoms with Crippen molar-refractivity contribution in [3.63, 3.8) is 0 Å². The maximum atomic E-state index is 5.29. The molecule has 0 aromatic rings. The van der Waals surface area contributed by atoms with Gasteiger partial charge in [0.05, 0.1) is 34.0 Å². The fourth-order valence-corrected chi connectivity index (χ4v) is 21.6. The van der Waals surface area contributed by atoms with Crippen LogP contribution in [0.25, 0.3) is 0 Å². The van der Waals surface area contributed by atoms with E-state index in [1.165, 1.54) is 46.8 Å². The predicted molar refractivity (Wildman–Crippen MR) is 227 cm³/mol. The molecule has 49 heavy (non-hydrogen) atoms. The van der Waals surface area contributed by atoms with Crippen LogP contribution in [0.4, 0.5) is 0 Å². The van der Waals surface area contributed by atoms with Gasteiger partial charge in [-0.25, -0.2) is 6.42 Å². The van der Waals surface area contributed by atoms with Gasteiger partial charge in [0.1, 0.15) is 0 Å². The molecule has 0 saturated heterocycles. The third-order valence-corrected chi connectivity index (χ3v) is 22.6. The molecule has 0 aromatic carbocycles. The van der Waals surface area contributed by atoms with Gasteiger partial charge in [0.15, 0.2) is 0 Å². The molecule has 0 nitrogen and oxygen atoms in total. The second-order valence-electron chi connectivity index (χ2n) is 16.9. The normalized spacial score (nSPS) is 24.6. The van der Waals surface area contributed by atoms with E-state index in [9.17, 15) is 0 Å². The molecule has 0 bridgehead atoms. The standard InChI is InChI=1S/2C18H33P.C8H14.2ClH.Ru/c2*1-4-10-16(11-5-1)19(17-12-6-2-7-13-17)18-14-8-3-9-15-18;1-3-5-7-8-6-4-2;;;/h2*16-18H,1-15H2;1,4,6H,3,5,7-8H2,2H3;2*1H;/q;;-1;;;+2/b;;6-4-;;;. The molecule has 0 N–H and O–H groups in total. The summed E-state index contributed by atoms with van der Waals surface area (Å²) >= 11 is -0.346. The molecule has 0 heterocycles. The zero-order chi connectivity index (χ0) is 34.8. The van der Waals surface area contributed by atoms with E-state index in [-0.39, 0.29) is 31.0 Å². The molecule has 0 spiro atoms. The minimum absolute atomic E-state index is 0.0465. The molecule has 0 atom stereocenters. The molecule has 0 aliphatic heterocycles. The maximum absolute atomic E-state index is 5.29. The molecule has 6 saturated carbocycles. The summed E-state index contributed by atoms with van der Waals surface area (Å²) in [5, 5.41) is 0. The van der Waals surface area contributed by atoms with Crippen molar-refractivity contribution in [2.75, 3.05) is 0 Å². The van der Waals surface area contributed by atoms with Crippen LogP contribution in [0.2, 0.25) is 0 Å². The number of hydrogen-bond donors (Lipinski definition) is 0. The van der Waals surface area contributed by atoms with Crippen molar-refractivity contribution in [2.24, 2.45) is 0 Å². The van der Waals surface area contributed by atoms with E-state index < -0.39 is 0 Å². The molecular weight excluding hydrogens is 762 g/mol. The SMILES string of the molecule is C1CCC([PH+](C2CCCCC2)C2CCCCC2)CC1.C1CCC([PH+](C2CCCCC2)C2CCCCC2)CC1.[CH-]CCCC/C=C\C.[Cl][Ru][Cl]. The van der Waals surface area contributed by atoms with E-state index in [1.54, 1.807) is 193 Å². The zero-order valence-electron chi connectivity index (χ0n) is 32.3. The molecule has 289 valence electrons. The van der Waals surface area contributed by atoms with Gasteiger partial charge in [-0.05, 0) is 167 Å². The summed E-state index contributed by atoms with van der Waals surface area (Å²) in [6, 6.07) is 0. The first-order valence-corrected chi connectivity index (χ1v) is 30.1. The van der Waals surface area contributed by atoms with Crippen LogP contribution in [0, 0.1) is 6.92 Å². The summed E-state index contributed by atoms with van der Waals surface area (Å²) in [5.41, 5.74) is 7.36. The fourth-order valence-electron chi connectivity index (χ4n) is 11.2. The average Bonchev–Trinajstić information content (AvgIpc) is 3.17. The van der Waals surface area contributed by atoms with Crippen LogP contribution >= 0.6 is 35.2 Å². The molecule has 0 unspecified atom stereocenters. The molecule has 6 fully saturated rings. The Balaban J connectivity index is 0.000000206. The van der Waals surface area contributed by atoms with Gasteiger partial charge < -0.3 is 6.92 Å². The fraction of sp³-hybridized carbons (Fsp3) is 0.932. The Hall–Kier alpha value is 1.80. The second kappa shape index (κ2) is 30.1. The van der Waals surface area contributed by atoms with E-state index >= 15 is 0 Å². The number of hydrogen-bond acceptors (Lipinski definition) is 0. The minimum atomic E-state index is -0.346. The first-order chi connectivity index (χ1) is 24.2. The van der Waals surface area contributed by atoms with Gasteiger partial charge in [0.2, 0.25) is 0 Å². The van der Waals surface area contributed by atoms with Crippen LogP contribution in [0.5, 0.6) is 0 Å². The van der Waals surface area contributed by atoms with Crippen molar-refractivity contribution in [3.05, 3.63) is 19.1 Å². The summed E-state index contributed by atoms with van der Waals surface area (Å²) in [5.74, 6) is 0. The summed E-state index contributed by atoms with van der Waals surface area (Å²) in [4.78, 5) is 0. The van der Waals surface area contributed by atoms with Crippen molar-refractivity contribution < 1.29 is 15.1 Å². The van der Waals surface area contributed by atoms with Crippen molar-refractivity contribution in [3.8, 4) is 0 Å². The first-order valence-electron chi connectivity index (χ1n) is 22.1. The van der Waals surface area contributed by atoms with Crippen molar-refractivity contribution >= 4 is 35.2 Å². The van der Waals surface area contributed by atoms with Crippen LogP contribution < -0.4 is 0 Å². The molecule has 5 heteroatoms. The molecule has 0 amide bonds. The van der Waals surface area contributed by atoms with Crippen LogP contribution in [-0.2, 0) is 15.1 Å². The number of rotatable bonds is 10. The van der Waals surface area contributed by atoms with Gasteiger partial charge in [-0.3, -0.25) is 0 Å². The van der Waals surface area contributed by atoms with Crippen molar-refractivity contribution in [2.45, 2.75) is 259 Å². The first kappa shape index (κ1) is 45.2. The molecule has 6 aliphatic rings. The van der Waals surface area contributed by atoms with Gasteiger partial charge in [-0.2, -0.15) is 0 Å². The summed E-state index contributed by atoms with van der Waals surface area (Å²) < 4.78 is 0. The van der Waals surface area contributed by atoms with Crippen LogP contribution in [-0.4, -0.2) is 34.0 Å². The third kappa shape index (κ3) is 18.3. The summed E-state index contributed by atoms with van der Waals surface area (Å²) in [6.45, 7) is 7.33. The number of halogens is 2. The van der Waals surface area contributed by atoms with Crippen molar-refractivity contribution in [1.29, 1.82) is 0 Å². The van der Waals surface area contributed by atoms with Crippen LogP contribution in [0.15, 0.2) is 12.2 Å². The Kier molecular flexibility index (Phi) is 27.7. The van der Waals surface area contributed by atoms with Gasteiger partial charge in [0, 0.05) is 15.8 Å². The quantitative estimate of drug-likeness (QED) is 0.0676. The topological polar surface area (TPSA) is 0 Å². The average molecular weight is 845 g/mol. The Morgan fingerprint density at radius 3 is 0.857 bits per heavy atom. The number of unbranched alkanes of at least 4 members (excludes halogenated alkanes) is 3. The van der Waals surface area contributed by atoms with Crippen molar-refractivity contribution in [1.82, 2.24) is 0 Å². The van der Waals surface area contributed by atoms with E-state index in [0.29, 0.717) is 0 Å². The number of allylic oxidation sites excluding steroid dienone is 2. The zero-order valence-corrected chi connectivity index (χ0v) is 37.6. The Morgan fingerprint density at radius 1 is 0.449 bits per heavy atom. The summed E-state index contributed by atoms with van der Waals surface area (Å²) in [7, 11) is 9.61. The van der Waals surface area contributed by atoms with E-state index in [2.05, 4.69) is 12.2 Å². The molecule has 0 aromatic heterocycles.